The number of hydrogen-bond donors (Lipinski definition) is 0. The van der Waals surface area contributed by atoms with Crippen molar-refractivity contribution in [1.29, 1.82) is 0 Å². The molecule has 0 amide bonds. The second-order valence-corrected chi connectivity index (χ2v) is 37.5. The molecule has 456 valence electrons. The van der Waals surface area contributed by atoms with Gasteiger partial charge in [-0.2, -0.15) is 0 Å². The van der Waals surface area contributed by atoms with Crippen LogP contribution in [0.4, 0.5) is 51.2 Å². The Morgan fingerprint density at radius 3 is 1.38 bits per heavy atom. The third-order valence-corrected chi connectivity index (χ3v) is 27.4. The van der Waals surface area contributed by atoms with Crippen LogP contribution in [0.5, 0.6) is 0 Å². The lowest BCUT2D eigenvalue weighted by Crippen LogP contribution is -2.77. The molecule has 0 radical (unpaired) electrons. The maximum Gasteiger partial charge on any atom is 0.264 e. The molecule has 0 spiro atoms. The van der Waals surface area contributed by atoms with Gasteiger partial charge in [0.25, 0.3) is 6.71 Å². The molecule has 0 aliphatic carbocycles. The summed E-state index contributed by atoms with van der Waals surface area (Å²) in [5.41, 5.74) is 23.5. The number of benzene rings is 10. The summed E-state index contributed by atoms with van der Waals surface area (Å²) in [6.07, 6.45) is 0. The average Bonchev–Trinajstić information content (AvgIpc) is 1.61. The van der Waals surface area contributed by atoms with Gasteiger partial charge in [0, 0.05) is 60.2 Å². The van der Waals surface area contributed by atoms with Crippen molar-refractivity contribution in [2.75, 3.05) is 14.7 Å². The molecule has 0 saturated carbocycles. The average molecular weight is 1220 g/mol. The summed E-state index contributed by atoms with van der Waals surface area (Å²) in [5, 5.41) is 5.02. The van der Waals surface area contributed by atoms with Gasteiger partial charge in [0.15, 0.2) is 8.07 Å². The molecule has 0 N–H and O–H groups in total. The molecule has 91 heavy (non-hydrogen) atoms. The van der Waals surface area contributed by atoms with Crippen LogP contribution in [0.1, 0.15) is 151 Å². The summed E-state index contributed by atoms with van der Waals surface area (Å²) >= 11 is 1.99. The first kappa shape index (κ1) is 60.4. The van der Waals surface area contributed by atoms with Crippen molar-refractivity contribution in [3.05, 3.63) is 258 Å². The van der Waals surface area contributed by atoms with Gasteiger partial charge < -0.3 is 14.7 Å². The van der Waals surface area contributed by atoms with Gasteiger partial charge in [0.1, 0.15) is 0 Å². The van der Waals surface area contributed by atoms with Gasteiger partial charge in [0.05, 0.1) is 11.4 Å². The normalized spacial score (nSPS) is 15.0. The molecule has 3 nitrogen and oxygen atoms in total. The van der Waals surface area contributed by atoms with Crippen LogP contribution in [0.2, 0.25) is 0 Å². The zero-order valence-electron chi connectivity index (χ0n) is 56.7. The summed E-state index contributed by atoms with van der Waals surface area (Å²) in [6, 6.07) is 89.1. The van der Waals surface area contributed by atoms with Crippen LogP contribution in [-0.2, 0) is 32.1 Å². The minimum atomic E-state index is -3.33. The SMILES string of the molecule is CC(C)(C)c1ccc(N(c2ccc(C(C)(C)C)cc2)c2ccc3c(c2)N2c4ccc(C(C)(C)C)cc4-c4ccccc4C(C)(C)[Si](c4ccccc4)(c4ccccc4)c4cc2c2c(c4)N(c4ccc(C(C)(C)C)cc4)c4c(sc5ccc(C(C)(C)C)cc45)B32)cc1. The van der Waals surface area contributed by atoms with Gasteiger partial charge in [-0.25, -0.2) is 0 Å². The van der Waals surface area contributed by atoms with E-state index in [1.54, 1.807) is 0 Å². The Labute approximate surface area is 548 Å². The van der Waals surface area contributed by atoms with Crippen molar-refractivity contribution in [3.8, 4) is 11.1 Å². The van der Waals surface area contributed by atoms with E-state index in [2.05, 4.69) is 357 Å². The van der Waals surface area contributed by atoms with Gasteiger partial charge in [-0.05, 0) is 182 Å². The highest BCUT2D eigenvalue weighted by Crippen LogP contribution is 2.54. The first-order valence-electron chi connectivity index (χ1n) is 33.0. The summed E-state index contributed by atoms with van der Waals surface area (Å²) in [4.78, 5) is 7.97. The largest absolute Gasteiger partial charge is 0.311 e. The van der Waals surface area contributed by atoms with Gasteiger partial charge in [-0.1, -0.05) is 257 Å². The zero-order valence-corrected chi connectivity index (χ0v) is 58.5. The summed E-state index contributed by atoms with van der Waals surface area (Å²) < 4.78 is 2.68. The molecule has 10 aromatic carbocycles. The first-order chi connectivity index (χ1) is 43.0. The van der Waals surface area contributed by atoms with Crippen LogP contribution >= 0.6 is 11.3 Å². The molecule has 1 aromatic heterocycles. The van der Waals surface area contributed by atoms with Crippen molar-refractivity contribution >= 4 is 119 Å². The highest BCUT2D eigenvalue weighted by Gasteiger charge is 2.56. The van der Waals surface area contributed by atoms with E-state index in [1.165, 1.54) is 120 Å². The van der Waals surface area contributed by atoms with Crippen molar-refractivity contribution in [3.63, 3.8) is 0 Å². The molecule has 0 unspecified atom stereocenters. The topological polar surface area (TPSA) is 9.72 Å². The fourth-order valence-electron chi connectivity index (χ4n) is 15.4. The Morgan fingerprint density at radius 2 is 0.846 bits per heavy atom. The van der Waals surface area contributed by atoms with E-state index in [1.807, 2.05) is 11.3 Å². The van der Waals surface area contributed by atoms with Crippen LogP contribution in [0.15, 0.2) is 224 Å². The Kier molecular flexibility index (Phi) is 14.1. The molecule has 2 bridgehead atoms. The molecule has 0 saturated heterocycles. The van der Waals surface area contributed by atoms with Crippen LogP contribution in [0.3, 0.4) is 0 Å². The highest BCUT2D eigenvalue weighted by atomic mass is 32.1. The highest BCUT2D eigenvalue weighted by molar-refractivity contribution is 7.33. The summed E-state index contributed by atoms with van der Waals surface area (Å²) in [5.74, 6) is 0. The molecule has 4 heterocycles. The smallest absolute Gasteiger partial charge is 0.264 e. The molecule has 0 fully saturated rings. The third-order valence-electron chi connectivity index (χ3n) is 20.5. The van der Waals surface area contributed by atoms with E-state index in [9.17, 15) is 0 Å². The van der Waals surface area contributed by atoms with Crippen molar-refractivity contribution in [2.45, 2.75) is 150 Å². The third kappa shape index (κ3) is 9.79. The lowest BCUT2D eigenvalue weighted by Gasteiger charge is -2.51. The number of rotatable bonds is 6. The number of nitrogens with zero attached hydrogens (tertiary/aromatic N) is 3. The van der Waals surface area contributed by atoms with E-state index < -0.39 is 13.1 Å². The van der Waals surface area contributed by atoms with E-state index in [0.29, 0.717) is 0 Å². The fraction of sp³-hybridized carbons (Fsp3) is 0.271. The van der Waals surface area contributed by atoms with Crippen molar-refractivity contribution in [2.24, 2.45) is 0 Å². The first-order valence-corrected chi connectivity index (χ1v) is 35.8. The fourth-order valence-corrected chi connectivity index (χ4v) is 22.6. The molecule has 0 atom stereocenters. The summed E-state index contributed by atoms with van der Waals surface area (Å²) in [7, 11) is -3.33. The van der Waals surface area contributed by atoms with Gasteiger partial charge in [0.2, 0.25) is 0 Å². The number of anilines is 9. The van der Waals surface area contributed by atoms with Crippen LogP contribution in [0, 0.1) is 0 Å². The lowest BCUT2D eigenvalue weighted by atomic mass is 9.36. The van der Waals surface area contributed by atoms with Crippen LogP contribution in [-0.4, -0.2) is 14.8 Å². The lowest BCUT2D eigenvalue weighted by molar-refractivity contribution is 0.590. The number of thiophene rings is 1. The predicted octanol–water partition coefficient (Wildman–Crippen LogP) is 19.9. The van der Waals surface area contributed by atoms with Gasteiger partial charge in [-0.3, -0.25) is 0 Å². The Bertz CT molecular complexity index is 4520. The molecule has 3 aliphatic heterocycles. The van der Waals surface area contributed by atoms with Gasteiger partial charge in [-0.15, -0.1) is 11.3 Å². The zero-order chi connectivity index (χ0) is 64.1. The standard InChI is InChI=1S/C85H88BN3SSi/c1-80(2,3)55-32-40-60(41-33-55)87(61-42-34-56(35-43-61)81(4,5)6)63-46-47-71-73(52-63)89-72-48-38-58(83(10,11)12)50-68(72)67-30-24-25-31-70(67)85(16,17)91(64-26-20-18-21-27-64,65-28-22-19-23-29-65)66-53-74-77(75(89)54-66)86(71)79-78(69-51-59(84(13,14)15)39-49-76(69)90-79)88(74)62-44-36-57(37-45-62)82(7,8)9/h18-54H,1-17H3. The maximum absolute atomic E-state index is 3.33. The van der Waals surface area contributed by atoms with Crippen molar-refractivity contribution in [1.82, 2.24) is 0 Å². The Hall–Kier alpha value is -8.16. The minimum Gasteiger partial charge on any atom is -0.311 e. The van der Waals surface area contributed by atoms with Gasteiger partial charge >= 0.3 is 0 Å². The molecule has 11 aromatic rings. The molecule has 14 rings (SSSR count). The Balaban J connectivity index is 1.18. The number of fused-ring (bicyclic) bond motifs is 12. The van der Waals surface area contributed by atoms with Crippen LogP contribution < -0.4 is 46.0 Å². The molecule has 6 heteroatoms. The monoisotopic (exact) mass is 1220 g/mol. The Morgan fingerprint density at radius 1 is 0.385 bits per heavy atom. The predicted molar refractivity (Wildman–Crippen MR) is 400 cm³/mol. The van der Waals surface area contributed by atoms with Crippen LogP contribution in [0.25, 0.3) is 21.2 Å². The summed E-state index contributed by atoms with van der Waals surface area (Å²) in [6.45, 7) is 40.1. The molecular weight excluding hydrogens is 1130 g/mol. The van der Waals surface area contributed by atoms with E-state index in [0.717, 1.165) is 17.1 Å². The second kappa shape index (κ2) is 21.2. The maximum atomic E-state index is 2.74. The van der Waals surface area contributed by atoms with E-state index in [-0.39, 0.29) is 33.8 Å². The van der Waals surface area contributed by atoms with E-state index >= 15 is 0 Å². The minimum absolute atomic E-state index is 0.00151. The van der Waals surface area contributed by atoms with Crippen molar-refractivity contribution < 1.29 is 0 Å². The number of hydrogen-bond acceptors (Lipinski definition) is 4. The molecule has 3 aliphatic rings. The van der Waals surface area contributed by atoms with E-state index in [4.69, 9.17) is 0 Å². The quantitative estimate of drug-likeness (QED) is 0.154. The molecular formula is C85H88BN3SSi. The second-order valence-electron chi connectivity index (χ2n) is 31.9.